The van der Waals surface area contributed by atoms with Crippen LogP contribution in [0.15, 0.2) is 53.5 Å². The number of aromatic amines is 1. The van der Waals surface area contributed by atoms with Gasteiger partial charge >= 0.3 is 0 Å². The second kappa shape index (κ2) is 11.1. The van der Waals surface area contributed by atoms with Gasteiger partial charge in [0.2, 0.25) is 0 Å². The predicted octanol–water partition coefficient (Wildman–Crippen LogP) is 2.90. The van der Waals surface area contributed by atoms with Crippen LogP contribution in [0.3, 0.4) is 0 Å². The Kier molecular flexibility index (Phi) is 7.92. The number of aromatic nitrogens is 1. The molecule has 0 fully saturated rings. The summed E-state index contributed by atoms with van der Waals surface area (Å²) in [6, 6.07) is 16.1. The first kappa shape index (κ1) is 22.2. The van der Waals surface area contributed by atoms with Crippen LogP contribution in [0.4, 0.5) is 0 Å². The number of carbonyl (C=O) groups excluding carboxylic acids is 1. The normalized spacial score (nSPS) is 11.4. The van der Waals surface area contributed by atoms with E-state index in [-0.39, 0.29) is 12.5 Å². The summed E-state index contributed by atoms with van der Waals surface area (Å²) in [4.78, 5) is 19.3. The van der Waals surface area contributed by atoms with Crippen molar-refractivity contribution in [3.63, 3.8) is 0 Å². The van der Waals surface area contributed by atoms with Gasteiger partial charge in [-0.1, -0.05) is 30.3 Å². The molecule has 0 radical (unpaired) electrons. The average molecular weight is 422 g/mol. The summed E-state index contributed by atoms with van der Waals surface area (Å²) in [6.07, 6.45) is 0.902. The van der Waals surface area contributed by atoms with Gasteiger partial charge in [0.25, 0.3) is 5.91 Å². The Morgan fingerprint density at radius 2 is 1.94 bits per heavy atom. The molecule has 3 aromatic rings. The molecule has 7 heteroatoms. The lowest BCUT2D eigenvalue weighted by Gasteiger charge is -2.13. The number of para-hydroxylation sites is 1. The monoisotopic (exact) mass is 421 g/mol. The molecule has 4 N–H and O–H groups in total. The molecule has 1 amide bonds. The molecule has 1 heterocycles. The highest BCUT2D eigenvalue weighted by atomic mass is 16.5. The number of fused-ring (bicyclic) bond motifs is 1. The Morgan fingerprint density at radius 1 is 1.10 bits per heavy atom. The number of carbonyl (C=O) groups is 1. The van der Waals surface area contributed by atoms with E-state index in [0.29, 0.717) is 18.8 Å². The molecule has 0 aliphatic rings. The Bertz CT molecular complexity index is 1040. The van der Waals surface area contributed by atoms with Crippen LogP contribution in [0.2, 0.25) is 0 Å². The highest BCUT2D eigenvalue weighted by Gasteiger charge is 2.08. The van der Waals surface area contributed by atoms with Crippen LogP contribution < -0.4 is 20.7 Å². The van der Waals surface area contributed by atoms with Crippen LogP contribution in [-0.2, 0) is 17.8 Å². The molecular weight excluding hydrogens is 390 g/mol. The predicted molar refractivity (Wildman–Crippen MR) is 126 cm³/mol. The average Bonchev–Trinajstić information content (AvgIpc) is 3.10. The maximum atomic E-state index is 11.6. The highest BCUT2D eigenvalue weighted by molar-refractivity contribution is 5.85. The fourth-order valence-electron chi connectivity index (χ4n) is 3.51. The molecule has 0 bridgehead atoms. The van der Waals surface area contributed by atoms with Gasteiger partial charge in [0, 0.05) is 43.3 Å². The second-order valence-corrected chi connectivity index (χ2v) is 7.27. The second-order valence-electron chi connectivity index (χ2n) is 7.27. The Balaban J connectivity index is 1.49. The molecule has 0 saturated heterocycles. The van der Waals surface area contributed by atoms with Crippen molar-refractivity contribution in [2.24, 2.45) is 4.99 Å². The first-order valence-corrected chi connectivity index (χ1v) is 10.6. The molecule has 0 unspecified atom stereocenters. The van der Waals surface area contributed by atoms with E-state index < -0.39 is 0 Å². The van der Waals surface area contributed by atoms with Crippen molar-refractivity contribution in [1.82, 2.24) is 20.9 Å². The van der Waals surface area contributed by atoms with Gasteiger partial charge in [-0.2, -0.15) is 0 Å². The number of aliphatic imine (C=N–C) groups is 1. The van der Waals surface area contributed by atoms with E-state index in [1.807, 2.05) is 37.3 Å². The maximum Gasteiger partial charge on any atom is 0.257 e. The van der Waals surface area contributed by atoms with E-state index in [9.17, 15) is 4.79 Å². The first-order valence-electron chi connectivity index (χ1n) is 10.6. The van der Waals surface area contributed by atoms with Crippen LogP contribution >= 0.6 is 0 Å². The van der Waals surface area contributed by atoms with Crippen molar-refractivity contribution in [1.29, 1.82) is 0 Å². The summed E-state index contributed by atoms with van der Waals surface area (Å²) in [5.74, 6) is 1.29. The van der Waals surface area contributed by atoms with Crippen LogP contribution in [0, 0.1) is 6.92 Å². The van der Waals surface area contributed by atoms with E-state index >= 15 is 0 Å². The number of hydrogen-bond donors (Lipinski definition) is 4. The molecule has 31 heavy (non-hydrogen) atoms. The van der Waals surface area contributed by atoms with Crippen molar-refractivity contribution in [3.05, 3.63) is 65.4 Å². The zero-order chi connectivity index (χ0) is 22.1. The number of H-pyrrole nitrogens is 1. The summed E-state index contributed by atoms with van der Waals surface area (Å²) in [5.41, 5.74) is 4.75. The smallest absolute Gasteiger partial charge is 0.257 e. The van der Waals surface area contributed by atoms with Gasteiger partial charge in [0.1, 0.15) is 5.75 Å². The molecule has 0 aliphatic heterocycles. The lowest BCUT2D eigenvalue weighted by molar-refractivity contribution is -0.122. The number of rotatable bonds is 9. The van der Waals surface area contributed by atoms with E-state index in [4.69, 9.17) is 4.74 Å². The third-order valence-electron chi connectivity index (χ3n) is 5.02. The number of aryl methyl sites for hydroxylation is 1. The number of nitrogens with one attached hydrogen (secondary N) is 4. The molecule has 7 nitrogen and oxygen atoms in total. The van der Waals surface area contributed by atoms with Gasteiger partial charge in [-0.3, -0.25) is 9.79 Å². The zero-order valence-corrected chi connectivity index (χ0v) is 18.4. The zero-order valence-electron chi connectivity index (χ0n) is 18.4. The molecule has 1 aromatic heterocycles. The number of ether oxygens (including phenoxy) is 1. The number of likely N-dealkylation sites (N-methyl/N-ethyl adjacent to an activating group) is 1. The van der Waals surface area contributed by atoms with E-state index in [2.05, 4.69) is 51.0 Å². The minimum Gasteiger partial charge on any atom is -0.484 e. The van der Waals surface area contributed by atoms with Crippen LogP contribution in [-0.4, -0.2) is 43.6 Å². The van der Waals surface area contributed by atoms with Crippen molar-refractivity contribution in [2.45, 2.75) is 26.8 Å². The standard InChI is InChI=1S/C24H31N5O2/c1-4-26-23(30)16-31-19-9-7-8-18(14-19)15-28-24(25-3)27-13-12-20-17(2)29-22-11-6-5-10-21(20)22/h5-11,14,29H,4,12-13,15-16H2,1-3H3,(H,26,30)(H2,25,27,28). The third kappa shape index (κ3) is 6.25. The van der Waals surface area contributed by atoms with Crippen molar-refractivity contribution >= 4 is 22.8 Å². The molecular formula is C24H31N5O2. The van der Waals surface area contributed by atoms with Gasteiger partial charge < -0.3 is 25.7 Å². The first-order chi connectivity index (χ1) is 15.1. The molecule has 0 spiro atoms. The molecule has 164 valence electrons. The van der Waals surface area contributed by atoms with Crippen molar-refractivity contribution in [3.8, 4) is 5.75 Å². The maximum absolute atomic E-state index is 11.6. The Morgan fingerprint density at radius 3 is 2.74 bits per heavy atom. The summed E-state index contributed by atoms with van der Waals surface area (Å²) in [7, 11) is 1.76. The summed E-state index contributed by atoms with van der Waals surface area (Å²) in [6.45, 7) is 5.98. The summed E-state index contributed by atoms with van der Waals surface area (Å²) in [5, 5.41) is 10.7. The third-order valence-corrected chi connectivity index (χ3v) is 5.02. The van der Waals surface area contributed by atoms with Crippen molar-refractivity contribution in [2.75, 3.05) is 26.7 Å². The number of guanidine groups is 1. The van der Waals surface area contributed by atoms with Gasteiger partial charge in [-0.25, -0.2) is 0 Å². The topological polar surface area (TPSA) is 90.5 Å². The Hall–Kier alpha value is -3.48. The molecule has 0 aliphatic carbocycles. The number of nitrogens with zero attached hydrogens (tertiary/aromatic N) is 1. The number of benzene rings is 2. The van der Waals surface area contributed by atoms with Crippen LogP contribution in [0.25, 0.3) is 10.9 Å². The fraction of sp³-hybridized carbons (Fsp3) is 0.333. The molecule has 3 rings (SSSR count). The van der Waals surface area contributed by atoms with Crippen LogP contribution in [0.1, 0.15) is 23.7 Å². The minimum atomic E-state index is -0.124. The van der Waals surface area contributed by atoms with E-state index in [1.54, 1.807) is 7.05 Å². The SMILES string of the molecule is CCNC(=O)COc1cccc(CNC(=NC)NCCc2c(C)[nH]c3ccccc23)c1. The van der Waals surface area contributed by atoms with E-state index in [0.717, 1.165) is 24.5 Å². The molecule has 0 atom stereocenters. The largest absolute Gasteiger partial charge is 0.484 e. The fourth-order valence-corrected chi connectivity index (χ4v) is 3.51. The highest BCUT2D eigenvalue weighted by Crippen LogP contribution is 2.21. The van der Waals surface area contributed by atoms with Gasteiger partial charge in [0.05, 0.1) is 0 Å². The minimum absolute atomic E-state index is 0.0151. The van der Waals surface area contributed by atoms with Gasteiger partial charge in [-0.15, -0.1) is 0 Å². The quantitative estimate of drug-likeness (QED) is 0.316. The summed E-state index contributed by atoms with van der Waals surface area (Å²) >= 11 is 0. The van der Waals surface area contributed by atoms with E-state index in [1.165, 1.54) is 22.2 Å². The molecule has 0 saturated carbocycles. The number of amides is 1. The van der Waals surface area contributed by atoms with Crippen molar-refractivity contribution < 1.29 is 9.53 Å². The lowest BCUT2D eigenvalue weighted by Crippen LogP contribution is -2.37. The molecule has 2 aromatic carbocycles. The summed E-state index contributed by atoms with van der Waals surface area (Å²) < 4.78 is 5.56. The van der Waals surface area contributed by atoms with Crippen LogP contribution in [0.5, 0.6) is 5.75 Å². The lowest BCUT2D eigenvalue weighted by atomic mass is 10.1. The van der Waals surface area contributed by atoms with Gasteiger partial charge in [0.15, 0.2) is 12.6 Å². The number of hydrogen-bond acceptors (Lipinski definition) is 3. The Labute approximate surface area is 183 Å². The van der Waals surface area contributed by atoms with Gasteiger partial charge in [-0.05, 0) is 49.6 Å².